The SMILES string of the molecule is O=C(NCC1CC1)C(=O)N1CCC(c2ccnc3ccc(F)cc23)CC1. The summed E-state index contributed by atoms with van der Waals surface area (Å²) in [7, 11) is 0. The van der Waals surface area contributed by atoms with Gasteiger partial charge in [-0.25, -0.2) is 4.39 Å². The van der Waals surface area contributed by atoms with E-state index in [4.69, 9.17) is 0 Å². The van der Waals surface area contributed by atoms with Crippen LogP contribution in [0, 0.1) is 11.7 Å². The van der Waals surface area contributed by atoms with Crippen LogP contribution in [0.2, 0.25) is 0 Å². The number of aromatic nitrogens is 1. The molecule has 26 heavy (non-hydrogen) atoms. The molecule has 1 aliphatic carbocycles. The summed E-state index contributed by atoms with van der Waals surface area (Å²) < 4.78 is 13.6. The van der Waals surface area contributed by atoms with Crippen molar-refractivity contribution < 1.29 is 14.0 Å². The summed E-state index contributed by atoms with van der Waals surface area (Å²) in [5, 5.41) is 3.57. The van der Waals surface area contributed by atoms with Crippen molar-refractivity contribution in [3.63, 3.8) is 0 Å². The zero-order chi connectivity index (χ0) is 18.1. The van der Waals surface area contributed by atoms with E-state index in [9.17, 15) is 14.0 Å². The molecule has 1 aromatic heterocycles. The second-order valence-electron chi connectivity index (χ2n) is 7.28. The number of pyridine rings is 1. The quantitative estimate of drug-likeness (QED) is 0.861. The minimum absolute atomic E-state index is 0.237. The first kappa shape index (κ1) is 16.9. The van der Waals surface area contributed by atoms with Crippen molar-refractivity contribution in [1.29, 1.82) is 0 Å². The number of rotatable bonds is 3. The van der Waals surface area contributed by atoms with E-state index in [2.05, 4.69) is 10.3 Å². The molecular formula is C20H22FN3O2. The molecule has 136 valence electrons. The molecule has 2 heterocycles. The van der Waals surface area contributed by atoms with Gasteiger partial charge in [0.05, 0.1) is 5.52 Å². The van der Waals surface area contributed by atoms with Crippen LogP contribution in [0.5, 0.6) is 0 Å². The van der Waals surface area contributed by atoms with E-state index >= 15 is 0 Å². The summed E-state index contributed by atoms with van der Waals surface area (Å²) in [5.41, 5.74) is 1.85. The van der Waals surface area contributed by atoms with E-state index in [1.54, 1.807) is 17.2 Å². The lowest BCUT2D eigenvalue weighted by Crippen LogP contribution is -2.46. The average Bonchev–Trinajstić information content (AvgIpc) is 3.49. The summed E-state index contributed by atoms with van der Waals surface area (Å²) in [6.45, 7) is 1.69. The van der Waals surface area contributed by atoms with E-state index in [1.165, 1.54) is 12.1 Å². The van der Waals surface area contributed by atoms with Crippen molar-refractivity contribution in [2.24, 2.45) is 5.92 Å². The number of nitrogens with zero attached hydrogens (tertiary/aromatic N) is 2. The van der Waals surface area contributed by atoms with Gasteiger partial charge in [0.15, 0.2) is 0 Å². The maximum Gasteiger partial charge on any atom is 0.311 e. The number of nitrogens with one attached hydrogen (secondary N) is 1. The molecule has 0 atom stereocenters. The Kier molecular flexibility index (Phi) is 4.57. The van der Waals surface area contributed by atoms with Gasteiger partial charge in [0.2, 0.25) is 0 Å². The van der Waals surface area contributed by atoms with Crippen LogP contribution in [-0.4, -0.2) is 41.3 Å². The van der Waals surface area contributed by atoms with Gasteiger partial charge >= 0.3 is 11.8 Å². The average molecular weight is 355 g/mol. The van der Waals surface area contributed by atoms with Gasteiger partial charge in [-0.1, -0.05) is 0 Å². The molecule has 2 fully saturated rings. The monoisotopic (exact) mass is 355 g/mol. The van der Waals surface area contributed by atoms with E-state index < -0.39 is 11.8 Å². The number of carbonyl (C=O) groups is 2. The highest BCUT2D eigenvalue weighted by Gasteiger charge is 2.29. The molecule has 0 radical (unpaired) electrons. The lowest BCUT2D eigenvalue weighted by Gasteiger charge is -2.32. The first-order chi connectivity index (χ1) is 12.6. The fourth-order valence-corrected chi connectivity index (χ4v) is 3.67. The molecule has 1 N–H and O–H groups in total. The summed E-state index contributed by atoms with van der Waals surface area (Å²) in [6.07, 6.45) is 5.55. The molecule has 1 saturated carbocycles. The Morgan fingerprint density at radius 2 is 1.92 bits per heavy atom. The van der Waals surface area contributed by atoms with Gasteiger partial charge in [0.1, 0.15) is 5.82 Å². The van der Waals surface area contributed by atoms with Crippen molar-refractivity contribution in [3.05, 3.63) is 41.8 Å². The number of hydrogen-bond acceptors (Lipinski definition) is 3. The van der Waals surface area contributed by atoms with Crippen molar-refractivity contribution in [2.75, 3.05) is 19.6 Å². The first-order valence-electron chi connectivity index (χ1n) is 9.23. The van der Waals surface area contributed by atoms with E-state index in [-0.39, 0.29) is 11.7 Å². The Balaban J connectivity index is 1.41. The Morgan fingerprint density at radius 1 is 1.15 bits per heavy atom. The molecular weight excluding hydrogens is 333 g/mol. The maximum absolute atomic E-state index is 13.6. The molecule has 4 rings (SSSR count). The third-order valence-corrected chi connectivity index (χ3v) is 5.40. The minimum atomic E-state index is -0.494. The molecule has 6 heteroatoms. The summed E-state index contributed by atoms with van der Waals surface area (Å²) in [5.74, 6) is -0.410. The van der Waals surface area contributed by atoms with Gasteiger partial charge < -0.3 is 10.2 Å². The summed E-state index contributed by atoms with van der Waals surface area (Å²) in [6, 6.07) is 6.57. The zero-order valence-electron chi connectivity index (χ0n) is 14.6. The molecule has 2 amide bonds. The van der Waals surface area contributed by atoms with Crippen molar-refractivity contribution in [3.8, 4) is 0 Å². The second-order valence-corrected chi connectivity index (χ2v) is 7.28. The third-order valence-electron chi connectivity index (χ3n) is 5.40. The number of halogens is 1. The fraction of sp³-hybridized carbons (Fsp3) is 0.450. The van der Waals surface area contributed by atoms with Crippen LogP contribution < -0.4 is 5.32 Å². The molecule has 0 bridgehead atoms. The van der Waals surface area contributed by atoms with Gasteiger partial charge in [-0.05, 0) is 67.3 Å². The zero-order valence-corrected chi connectivity index (χ0v) is 14.6. The Morgan fingerprint density at radius 3 is 2.65 bits per heavy atom. The highest BCUT2D eigenvalue weighted by Crippen LogP contribution is 2.33. The van der Waals surface area contributed by atoms with Crippen molar-refractivity contribution in [1.82, 2.24) is 15.2 Å². The van der Waals surface area contributed by atoms with Gasteiger partial charge in [0.25, 0.3) is 0 Å². The molecule has 2 aliphatic rings. The van der Waals surface area contributed by atoms with Crippen LogP contribution in [0.15, 0.2) is 30.5 Å². The molecule has 1 saturated heterocycles. The topological polar surface area (TPSA) is 62.3 Å². The fourth-order valence-electron chi connectivity index (χ4n) is 3.67. The maximum atomic E-state index is 13.6. The molecule has 1 aromatic carbocycles. The first-order valence-corrected chi connectivity index (χ1v) is 9.23. The molecule has 0 spiro atoms. The van der Waals surface area contributed by atoms with E-state index in [0.717, 1.165) is 42.1 Å². The van der Waals surface area contributed by atoms with Crippen LogP contribution in [0.4, 0.5) is 4.39 Å². The normalized spacial score (nSPS) is 18.1. The number of likely N-dealkylation sites (tertiary alicyclic amines) is 1. The number of hydrogen-bond donors (Lipinski definition) is 1. The Hall–Kier alpha value is -2.50. The largest absolute Gasteiger partial charge is 0.348 e. The summed E-state index contributed by atoms with van der Waals surface area (Å²) >= 11 is 0. The molecule has 5 nitrogen and oxygen atoms in total. The summed E-state index contributed by atoms with van der Waals surface area (Å²) in [4.78, 5) is 30.2. The van der Waals surface area contributed by atoms with E-state index in [0.29, 0.717) is 25.6 Å². The Bertz CT molecular complexity index is 842. The molecule has 1 aliphatic heterocycles. The number of amides is 2. The van der Waals surface area contributed by atoms with Crippen LogP contribution >= 0.6 is 0 Å². The number of piperidine rings is 1. The second kappa shape index (κ2) is 7.02. The van der Waals surface area contributed by atoms with Gasteiger partial charge in [-0.2, -0.15) is 0 Å². The van der Waals surface area contributed by atoms with Crippen molar-refractivity contribution in [2.45, 2.75) is 31.6 Å². The highest BCUT2D eigenvalue weighted by atomic mass is 19.1. The minimum Gasteiger partial charge on any atom is -0.348 e. The van der Waals surface area contributed by atoms with E-state index in [1.807, 2.05) is 6.07 Å². The molecule has 0 unspecified atom stereocenters. The standard InChI is InChI=1S/C20H22FN3O2/c21-15-3-4-18-17(11-15)16(5-8-22-18)14-6-9-24(10-7-14)20(26)19(25)23-12-13-1-2-13/h3-5,8,11,13-14H,1-2,6-7,9-10,12H2,(H,23,25). The number of carbonyl (C=O) groups excluding carboxylic acids is 2. The van der Waals surface area contributed by atoms with Gasteiger partial charge in [-0.3, -0.25) is 14.6 Å². The predicted octanol–water partition coefficient (Wildman–Crippen LogP) is 2.61. The lowest BCUT2D eigenvalue weighted by atomic mass is 9.87. The predicted molar refractivity (Wildman–Crippen MR) is 96.0 cm³/mol. The van der Waals surface area contributed by atoms with Crippen LogP contribution in [0.3, 0.4) is 0 Å². The van der Waals surface area contributed by atoms with Crippen LogP contribution in [-0.2, 0) is 9.59 Å². The highest BCUT2D eigenvalue weighted by molar-refractivity contribution is 6.35. The van der Waals surface area contributed by atoms with Crippen LogP contribution in [0.25, 0.3) is 10.9 Å². The van der Waals surface area contributed by atoms with Crippen LogP contribution in [0.1, 0.15) is 37.2 Å². The smallest absolute Gasteiger partial charge is 0.311 e. The lowest BCUT2D eigenvalue weighted by molar-refractivity contribution is -0.146. The number of fused-ring (bicyclic) bond motifs is 1. The van der Waals surface area contributed by atoms with Crippen molar-refractivity contribution >= 4 is 22.7 Å². The number of benzene rings is 1. The van der Waals surface area contributed by atoms with Gasteiger partial charge in [0, 0.05) is 31.2 Å². The Labute approximate surface area is 151 Å². The van der Waals surface area contributed by atoms with Gasteiger partial charge in [-0.15, -0.1) is 0 Å². The molecule has 2 aromatic rings. The third kappa shape index (κ3) is 3.54.